The Morgan fingerprint density at radius 3 is 2.55 bits per heavy atom. The Balaban J connectivity index is 1.29. The summed E-state index contributed by atoms with van der Waals surface area (Å²) in [6, 6.07) is 8.70. The summed E-state index contributed by atoms with van der Waals surface area (Å²) in [6.07, 6.45) is 5.55. The second-order valence-corrected chi connectivity index (χ2v) is 14.0. The van der Waals surface area contributed by atoms with Crippen LogP contribution in [0.3, 0.4) is 0 Å². The van der Waals surface area contributed by atoms with Crippen LogP contribution >= 0.6 is 23.1 Å². The lowest BCUT2D eigenvalue weighted by atomic mass is 9.72. The zero-order chi connectivity index (χ0) is 31.5. The molecule has 44 heavy (non-hydrogen) atoms. The van der Waals surface area contributed by atoms with Crippen LogP contribution in [0.15, 0.2) is 64.1 Å². The predicted molar refractivity (Wildman–Crippen MR) is 165 cm³/mol. The number of aliphatic hydroxyl groups is 1. The second kappa shape index (κ2) is 13.2. The van der Waals surface area contributed by atoms with E-state index in [9.17, 15) is 14.3 Å². The molecule has 0 aliphatic carbocycles. The molecule has 5 rings (SSSR count). The van der Waals surface area contributed by atoms with Crippen LogP contribution in [0.4, 0.5) is 24.1 Å². The van der Waals surface area contributed by atoms with E-state index >= 15 is 8.78 Å². The van der Waals surface area contributed by atoms with E-state index in [0.29, 0.717) is 47.6 Å². The summed E-state index contributed by atoms with van der Waals surface area (Å²) < 4.78 is 45.1. The Hall–Kier alpha value is -3.52. The molecular formula is C31H33F3N6O2S2. The van der Waals surface area contributed by atoms with Crippen LogP contribution in [-0.4, -0.2) is 62.6 Å². The number of carbonyl (C=O) groups excluding carboxylic acids is 1. The van der Waals surface area contributed by atoms with Crippen molar-refractivity contribution in [2.45, 2.75) is 53.7 Å². The maximum absolute atomic E-state index is 15.6. The molecule has 1 fully saturated rings. The number of benzene rings is 1. The van der Waals surface area contributed by atoms with Crippen LogP contribution in [0.25, 0.3) is 0 Å². The van der Waals surface area contributed by atoms with Crippen LogP contribution < -0.4 is 10.6 Å². The lowest BCUT2D eigenvalue weighted by Crippen LogP contribution is -2.51. The van der Waals surface area contributed by atoms with Gasteiger partial charge in [0.15, 0.2) is 16.6 Å². The summed E-state index contributed by atoms with van der Waals surface area (Å²) in [4.78, 5) is 28.1. The van der Waals surface area contributed by atoms with Crippen molar-refractivity contribution in [3.8, 4) is 0 Å². The highest BCUT2D eigenvalue weighted by Gasteiger charge is 2.39. The number of amides is 1. The number of aromatic nitrogens is 3. The van der Waals surface area contributed by atoms with Gasteiger partial charge in [0.05, 0.1) is 20.9 Å². The van der Waals surface area contributed by atoms with Gasteiger partial charge in [-0.25, -0.2) is 28.1 Å². The quantitative estimate of drug-likeness (QED) is 0.191. The van der Waals surface area contributed by atoms with E-state index in [4.69, 9.17) is 0 Å². The van der Waals surface area contributed by atoms with Gasteiger partial charge in [0, 0.05) is 37.0 Å². The number of piperidine rings is 1. The number of β-amino-alcohol motifs (C(OH)–C–C–N with tert-alkyl or cyclic N) is 1. The van der Waals surface area contributed by atoms with Gasteiger partial charge in [0.2, 0.25) is 0 Å². The Labute approximate surface area is 262 Å². The molecule has 1 aliphatic rings. The molecule has 0 bridgehead atoms. The number of rotatable bonds is 10. The molecule has 0 atom stereocenters. The highest BCUT2D eigenvalue weighted by molar-refractivity contribution is 8.01. The molecule has 1 aromatic carbocycles. The number of anilines is 2. The van der Waals surface area contributed by atoms with Gasteiger partial charge in [-0.1, -0.05) is 29.2 Å². The van der Waals surface area contributed by atoms with E-state index in [1.807, 2.05) is 19.1 Å². The maximum atomic E-state index is 15.6. The minimum atomic E-state index is -0.906. The van der Waals surface area contributed by atoms with Gasteiger partial charge in [0.25, 0.3) is 5.91 Å². The molecule has 1 aliphatic heterocycles. The van der Waals surface area contributed by atoms with Gasteiger partial charge in [0.1, 0.15) is 17.5 Å². The third kappa shape index (κ3) is 7.76. The monoisotopic (exact) mass is 642 g/mol. The van der Waals surface area contributed by atoms with Crippen LogP contribution in [-0.2, 0) is 5.41 Å². The molecule has 0 spiro atoms. The van der Waals surface area contributed by atoms with Gasteiger partial charge in [-0.05, 0) is 82.1 Å². The summed E-state index contributed by atoms with van der Waals surface area (Å²) in [6.45, 7) is 6.88. The number of nitrogens with zero attached hydrogens (tertiary/aromatic N) is 4. The molecule has 4 aromatic rings. The Morgan fingerprint density at radius 2 is 1.84 bits per heavy atom. The second-order valence-electron chi connectivity index (χ2n) is 11.6. The summed E-state index contributed by atoms with van der Waals surface area (Å²) in [5, 5.41) is 16.7. The number of aryl methyl sites for hydroxylation is 1. The Bertz CT molecular complexity index is 1640. The number of nitrogens with one attached hydrogen (secondary N) is 2. The fourth-order valence-corrected chi connectivity index (χ4v) is 7.20. The van der Waals surface area contributed by atoms with Crippen molar-refractivity contribution in [2.75, 3.05) is 31.5 Å². The maximum Gasteiger partial charge on any atom is 0.273 e. The lowest BCUT2D eigenvalue weighted by Gasteiger charge is -2.43. The van der Waals surface area contributed by atoms with E-state index < -0.39 is 34.4 Å². The first-order valence-corrected chi connectivity index (χ1v) is 15.7. The first-order valence-electron chi connectivity index (χ1n) is 14.1. The van der Waals surface area contributed by atoms with Gasteiger partial charge < -0.3 is 20.6 Å². The van der Waals surface area contributed by atoms with Crippen LogP contribution in [0.2, 0.25) is 0 Å². The minimum Gasteiger partial charge on any atom is -0.389 e. The Morgan fingerprint density at radius 1 is 1.09 bits per heavy atom. The molecular weight excluding hydrogens is 610 g/mol. The van der Waals surface area contributed by atoms with E-state index in [2.05, 4.69) is 30.5 Å². The van der Waals surface area contributed by atoms with Gasteiger partial charge >= 0.3 is 0 Å². The molecule has 1 amide bonds. The minimum absolute atomic E-state index is 0.000103. The topological polar surface area (TPSA) is 103 Å². The van der Waals surface area contributed by atoms with E-state index in [-0.39, 0.29) is 22.7 Å². The normalized spacial score (nSPS) is 15.2. The third-order valence-corrected chi connectivity index (χ3v) is 9.48. The van der Waals surface area contributed by atoms with Crippen molar-refractivity contribution >= 4 is 40.0 Å². The predicted octanol–water partition coefficient (Wildman–Crippen LogP) is 6.09. The zero-order valence-corrected chi connectivity index (χ0v) is 26.2. The number of hydrogen-bond acceptors (Lipinski definition) is 9. The van der Waals surface area contributed by atoms with Crippen molar-refractivity contribution in [3.63, 3.8) is 0 Å². The highest BCUT2D eigenvalue weighted by atomic mass is 32.2. The molecule has 3 N–H and O–H groups in total. The van der Waals surface area contributed by atoms with E-state index in [0.717, 1.165) is 23.4 Å². The van der Waals surface area contributed by atoms with Crippen molar-refractivity contribution in [1.29, 1.82) is 0 Å². The summed E-state index contributed by atoms with van der Waals surface area (Å²) in [7, 11) is 0. The molecule has 8 nitrogen and oxygen atoms in total. The lowest BCUT2D eigenvalue weighted by molar-refractivity contribution is 0.0204. The van der Waals surface area contributed by atoms with Crippen LogP contribution in [0.1, 0.15) is 48.3 Å². The molecule has 3 aromatic heterocycles. The van der Waals surface area contributed by atoms with Crippen molar-refractivity contribution in [2.24, 2.45) is 0 Å². The molecule has 0 saturated carbocycles. The SMILES string of the molecule is Cc1ccnc(Nc2ncc(Sc3ccnc(C(=O)NCC4(c5ccc(F)cc5F)CCN(CC(C)(C)O)CC4)c3F)s2)c1. The molecule has 0 radical (unpaired) electrons. The first-order chi connectivity index (χ1) is 20.9. The zero-order valence-electron chi connectivity index (χ0n) is 24.5. The third-order valence-electron chi connectivity index (χ3n) is 7.43. The smallest absolute Gasteiger partial charge is 0.273 e. The molecule has 0 unspecified atom stereocenters. The van der Waals surface area contributed by atoms with E-state index in [1.54, 1.807) is 26.2 Å². The fraction of sp³-hybridized carbons (Fsp3) is 0.355. The van der Waals surface area contributed by atoms with Crippen molar-refractivity contribution in [3.05, 3.63) is 89.3 Å². The number of carbonyl (C=O) groups is 1. The van der Waals surface area contributed by atoms with E-state index in [1.165, 1.54) is 35.7 Å². The fourth-order valence-electron chi connectivity index (χ4n) is 5.33. The molecule has 232 valence electrons. The average molecular weight is 643 g/mol. The number of thiazole rings is 1. The van der Waals surface area contributed by atoms with Gasteiger partial charge in [-0.15, -0.1) is 0 Å². The molecule has 1 saturated heterocycles. The van der Waals surface area contributed by atoms with Gasteiger partial charge in [-0.2, -0.15) is 0 Å². The summed E-state index contributed by atoms with van der Waals surface area (Å²) in [5.74, 6) is -2.26. The first kappa shape index (κ1) is 31.9. The largest absolute Gasteiger partial charge is 0.389 e. The Kier molecular flexibility index (Phi) is 9.59. The number of halogens is 3. The van der Waals surface area contributed by atoms with Crippen LogP contribution in [0.5, 0.6) is 0 Å². The number of hydrogen-bond donors (Lipinski definition) is 3. The molecule has 13 heteroatoms. The number of pyridine rings is 2. The standard InChI is InChI=1S/C31H33F3N6O2S2/c1-19-6-10-35-24(14-19)39-29-37-16-25(44-29)43-23-7-11-36-27(26(23)34)28(41)38-17-31(21-5-4-20(32)15-22(21)33)8-12-40(13-9-31)18-30(2,3)42/h4-7,10-11,14-16,42H,8-9,12-13,17-18H2,1-3H3,(H,38,41)(H,35,37,39). The average Bonchev–Trinajstić information content (AvgIpc) is 3.39. The van der Waals surface area contributed by atoms with Crippen LogP contribution in [0, 0.1) is 24.4 Å². The summed E-state index contributed by atoms with van der Waals surface area (Å²) in [5.41, 5.74) is -0.809. The van der Waals surface area contributed by atoms with Crippen molar-refractivity contribution in [1.82, 2.24) is 25.2 Å². The molecule has 4 heterocycles. The van der Waals surface area contributed by atoms with Gasteiger partial charge in [-0.3, -0.25) is 4.79 Å². The van der Waals surface area contributed by atoms with Crippen molar-refractivity contribution < 1.29 is 23.1 Å². The number of likely N-dealkylation sites (tertiary alicyclic amines) is 1. The summed E-state index contributed by atoms with van der Waals surface area (Å²) >= 11 is 2.43. The highest BCUT2D eigenvalue weighted by Crippen LogP contribution is 2.38.